The molecule has 3 saturated carbocycles. The molecule has 310 valence electrons. The molecule has 11 nitrogen and oxygen atoms in total. The maximum atomic E-state index is 13.8. The first-order chi connectivity index (χ1) is 26.1. The average Bonchev–Trinajstić information content (AvgIpc) is 3.70. The molecule has 2 bridgehead atoms. The van der Waals surface area contributed by atoms with Crippen molar-refractivity contribution >= 4 is 21.9 Å². The number of rotatable bonds is 14. The zero-order chi connectivity index (χ0) is 40.8. The van der Waals surface area contributed by atoms with Crippen LogP contribution in [0, 0.1) is 28.6 Å². The van der Waals surface area contributed by atoms with Crippen LogP contribution in [0.4, 0.5) is 13.2 Å². The van der Waals surface area contributed by atoms with E-state index in [-0.39, 0.29) is 60.9 Å². The van der Waals surface area contributed by atoms with Crippen molar-refractivity contribution in [2.45, 2.75) is 111 Å². The van der Waals surface area contributed by atoms with Crippen LogP contribution in [0.2, 0.25) is 0 Å². The van der Waals surface area contributed by atoms with E-state index in [1.807, 2.05) is 42.5 Å². The van der Waals surface area contributed by atoms with Crippen molar-refractivity contribution in [1.29, 1.82) is 0 Å². The van der Waals surface area contributed by atoms with Crippen molar-refractivity contribution in [1.82, 2.24) is 19.4 Å². The summed E-state index contributed by atoms with van der Waals surface area (Å²) in [5, 5.41) is 3.25. The number of hydrogen-bond donors (Lipinski definition) is 1. The molecule has 2 aromatic rings. The Morgan fingerprint density at radius 1 is 1.05 bits per heavy atom. The predicted octanol–water partition coefficient (Wildman–Crippen LogP) is 6.31. The van der Waals surface area contributed by atoms with E-state index in [2.05, 4.69) is 56.5 Å². The maximum Gasteiger partial charge on any atom is 0.490 e. The van der Waals surface area contributed by atoms with Gasteiger partial charge in [0, 0.05) is 43.8 Å². The summed E-state index contributed by atoms with van der Waals surface area (Å²) in [6, 6.07) is 12.3. The number of sulfonamides is 1. The van der Waals surface area contributed by atoms with Crippen LogP contribution in [0.3, 0.4) is 0 Å². The van der Waals surface area contributed by atoms with Crippen LogP contribution in [-0.2, 0) is 44.0 Å². The summed E-state index contributed by atoms with van der Waals surface area (Å²) in [7, 11) is -2.07. The fraction of sp³-hybridized carbons (Fsp3) is 0.659. The molecule has 1 saturated heterocycles. The molecule has 5 aliphatic rings. The highest BCUT2D eigenvalue weighted by Gasteiger charge is 2.57. The number of amides is 1. The summed E-state index contributed by atoms with van der Waals surface area (Å²) in [4.78, 5) is 29.1. The lowest BCUT2D eigenvalue weighted by Gasteiger charge is -2.62. The van der Waals surface area contributed by atoms with Crippen LogP contribution in [0.5, 0.6) is 11.5 Å². The van der Waals surface area contributed by atoms with Crippen LogP contribution in [-0.4, -0.2) is 91.6 Å². The number of para-hydroxylation sites is 1. The fourth-order valence-corrected chi connectivity index (χ4v) is 11.1. The Labute approximate surface area is 329 Å². The molecule has 2 aliphatic heterocycles. The molecule has 6 unspecified atom stereocenters. The highest BCUT2D eigenvalue weighted by molar-refractivity contribution is 7.89. The van der Waals surface area contributed by atoms with E-state index < -0.39 is 34.9 Å². The van der Waals surface area contributed by atoms with Gasteiger partial charge < -0.3 is 19.5 Å². The third-order valence-corrected chi connectivity index (χ3v) is 14.3. The predicted molar refractivity (Wildman–Crippen MR) is 205 cm³/mol. The van der Waals surface area contributed by atoms with E-state index >= 15 is 0 Å². The van der Waals surface area contributed by atoms with Crippen molar-refractivity contribution in [3.05, 3.63) is 59.2 Å². The number of hydrogen-bond acceptors (Lipinski definition) is 9. The monoisotopic (exact) mass is 806 g/mol. The topological polar surface area (TPSA) is 118 Å². The molecular formula is C41H57F3N4O7S. The first-order valence-electron chi connectivity index (χ1n) is 19.5. The Bertz CT molecular complexity index is 1870. The Kier molecular flexibility index (Phi) is 12.1. The molecule has 56 heavy (non-hydrogen) atoms. The SMILES string of the molecule is CC1C(NC(=O)C2CCS(=O)(=O)N2Cc2cccc(CN(Cc3cccc4c3OCO4)C(CN(C)COC(=O)C(F)(F)F)CC(C)(C)C)c2)CC2CC1C2(C)C. The summed E-state index contributed by atoms with van der Waals surface area (Å²) in [6.45, 7) is 13.7. The molecule has 0 radical (unpaired) electrons. The molecule has 15 heteroatoms. The van der Waals surface area contributed by atoms with Crippen LogP contribution < -0.4 is 14.8 Å². The Morgan fingerprint density at radius 2 is 1.77 bits per heavy atom. The van der Waals surface area contributed by atoms with Gasteiger partial charge in [0.2, 0.25) is 22.7 Å². The van der Waals surface area contributed by atoms with Gasteiger partial charge in [0.15, 0.2) is 11.5 Å². The number of fused-ring (bicyclic) bond motifs is 3. The fourth-order valence-electron chi connectivity index (χ4n) is 9.37. The molecule has 6 atom stereocenters. The van der Waals surface area contributed by atoms with Crippen LogP contribution >= 0.6 is 0 Å². The summed E-state index contributed by atoms with van der Waals surface area (Å²) < 4.78 is 83.1. The number of carbonyl (C=O) groups excluding carboxylic acids is 2. The minimum absolute atomic E-state index is 0.0262. The van der Waals surface area contributed by atoms with Crippen molar-refractivity contribution < 1.29 is 45.4 Å². The third kappa shape index (κ3) is 9.48. The van der Waals surface area contributed by atoms with Crippen molar-refractivity contribution in [3.63, 3.8) is 0 Å². The van der Waals surface area contributed by atoms with E-state index in [9.17, 15) is 31.2 Å². The summed E-state index contributed by atoms with van der Waals surface area (Å²) >= 11 is 0. The second kappa shape index (κ2) is 16.1. The van der Waals surface area contributed by atoms with Gasteiger partial charge in [0.25, 0.3) is 0 Å². The average molecular weight is 807 g/mol. The molecule has 1 amide bonds. The largest absolute Gasteiger partial charge is 0.490 e. The first-order valence-corrected chi connectivity index (χ1v) is 21.1. The van der Waals surface area contributed by atoms with Gasteiger partial charge in [-0.1, -0.05) is 77.9 Å². The lowest BCUT2D eigenvalue weighted by atomic mass is 9.45. The van der Waals surface area contributed by atoms with Gasteiger partial charge in [-0.3, -0.25) is 14.6 Å². The van der Waals surface area contributed by atoms with Gasteiger partial charge in [-0.05, 0) is 78.5 Å². The number of esters is 1. The lowest BCUT2D eigenvalue weighted by Crippen LogP contribution is -2.61. The third-order valence-electron chi connectivity index (χ3n) is 12.4. The molecule has 4 fully saturated rings. The minimum atomic E-state index is -5.09. The van der Waals surface area contributed by atoms with E-state index in [1.165, 1.54) is 10.7 Å². The summed E-state index contributed by atoms with van der Waals surface area (Å²) in [5.74, 6) is 0.0852. The first kappa shape index (κ1) is 42.2. The highest BCUT2D eigenvalue weighted by Crippen LogP contribution is 2.61. The number of ether oxygens (including phenoxy) is 3. The highest BCUT2D eigenvalue weighted by atomic mass is 32.2. The van der Waals surface area contributed by atoms with Gasteiger partial charge in [-0.25, -0.2) is 13.2 Å². The lowest BCUT2D eigenvalue weighted by molar-refractivity contribution is -0.203. The smallest absolute Gasteiger partial charge is 0.454 e. The summed E-state index contributed by atoms with van der Waals surface area (Å²) in [5.41, 5.74) is 2.56. The zero-order valence-corrected chi connectivity index (χ0v) is 34.3. The van der Waals surface area contributed by atoms with E-state index in [0.29, 0.717) is 48.8 Å². The Morgan fingerprint density at radius 3 is 2.45 bits per heavy atom. The van der Waals surface area contributed by atoms with E-state index in [4.69, 9.17) is 9.47 Å². The van der Waals surface area contributed by atoms with Gasteiger partial charge in [-0.15, -0.1) is 0 Å². The van der Waals surface area contributed by atoms with Crippen molar-refractivity contribution in [2.75, 3.05) is 32.9 Å². The quantitative estimate of drug-likeness (QED) is 0.173. The van der Waals surface area contributed by atoms with Crippen molar-refractivity contribution in [2.24, 2.45) is 28.6 Å². The number of halogens is 3. The number of likely N-dealkylation sites (N-methyl/N-ethyl adjacent to an activating group) is 1. The Hall–Kier alpha value is -3.40. The zero-order valence-electron chi connectivity index (χ0n) is 33.5. The number of nitrogens with zero attached hydrogens (tertiary/aromatic N) is 3. The number of nitrogens with one attached hydrogen (secondary N) is 1. The van der Waals surface area contributed by atoms with Gasteiger partial charge >= 0.3 is 12.1 Å². The van der Waals surface area contributed by atoms with E-state index in [0.717, 1.165) is 23.1 Å². The van der Waals surface area contributed by atoms with Crippen LogP contribution in [0.25, 0.3) is 0 Å². The minimum Gasteiger partial charge on any atom is -0.454 e. The molecule has 7 rings (SSSR count). The standard InChI is InChI=1S/C41H57F3N4O7S/c1-26-32-17-30(40(32,5)6)18-33(26)45-37(49)34-14-15-56(51,52)48(34)21-28-11-8-10-27(16-28)20-47(22-29-12-9-13-35-36(29)55-25-54-35)31(19-39(2,3)4)23-46(7)24-53-38(50)41(42,43)44/h8-13,16,26,30-34H,14-15,17-25H2,1-7H3,(H,45,49). The molecular weight excluding hydrogens is 750 g/mol. The molecule has 3 aliphatic carbocycles. The molecule has 1 N–H and O–H groups in total. The molecule has 2 aromatic carbocycles. The van der Waals surface area contributed by atoms with Gasteiger partial charge in [0.1, 0.15) is 12.8 Å². The molecule has 0 spiro atoms. The normalized spacial score (nSPS) is 25.9. The second-order valence-corrected chi connectivity index (χ2v) is 20.2. The van der Waals surface area contributed by atoms with E-state index in [1.54, 1.807) is 11.9 Å². The van der Waals surface area contributed by atoms with Crippen LogP contribution in [0.15, 0.2) is 42.5 Å². The number of carbonyl (C=O) groups is 2. The summed E-state index contributed by atoms with van der Waals surface area (Å²) in [6.07, 6.45) is -2.14. The van der Waals surface area contributed by atoms with Gasteiger partial charge in [-0.2, -0.15) is 17.5 Å². The molecule has 2 heterocycles. The number of alkyl halides is 3. The maximum absolute atomic E-state index is 13.8. The van der Waals surface area contributed by atoms with Crippen LogP contribution in [0.1, 0.15) is 83.9 Å². The Balaban J connectivity index is 1.22. The number of benzene rings is 2. The second-order valence-electron chi connectivity index (χ2n) is 18.1. The van der Waals surface area contributed by atoms with Gasteiger partial charge in [0.05, 0.1) is 5.75 Å². The molecule has 0 aromatic heterocycles. The van der Waals surface area contributed by atoms with Crippen molar-refractivity contribution in [3.8, 4) is 11.5 Å².